The third-order valence-corrected chi connectivity index (χ3v) is 6.19. The Morgan fingerprint density at radius 3 is 2.28 bits per heavy atom. The lowest BCUT2D eigenvalue weighted by Crippen LogP contribution is -2.17. The van der Waals surface area contributed by atoms with E-state index in [9.17, 15) is 13.2 Å². The fraction of sp³-hybridized carbons (Fsp3) is 0.143. The highest BCUT2D eigenvalue weighted by atomic mass is 35.5. The molecule has 4 aromatic rings. The Morgan fingerprint density at radius 2 is 1.62 bits per heavy atom. The first kappa shape index (κ1) is 21.7. The highest BCUT2D eigenvalue weighted by Gasteiger charge is 2.19. The number of amides is 1. The normalized spacial score (nSPS) is 11.5. The van der Waals surface area contributed by atoms with Crippen LogP contribution < -0.4 is 10.0 Å². The van der Waals surface area contributed by atoms with Crippen LogP contribution in [0.1, 0.15) is 27.6 Å². The van der Waals surface area contributed by atoms with Gasteiger partial charge in [-0.2, -0.15) is 0 Å². The molecular formula is C21H19ClN6O3S. The highest BCUT2D eigenvalue weighted by molar-refractivity contribution is 7.92. The number of nitrogens with one attached hydrogen (secondary N) is 2. The van der Waals surface area contributed by atoms with Gasteiger partial charge < -0.3 is 5.32 Å². The van der Waals surface area contributed by atoms with Crippen molar-refractivity contribution in [2.24, 2.45) is 0 Å². The molecular weight excluding hydrogens is 452 g/mol. The number of aromatic nitrogens is 4. The maximum atomic E-state index is 12.8. The van der Waals surface area contributed by atoms with Crippen LogP contribution in [0.25, 0.3) is 5.65 Å². The fourth-order valence-corrected chi connectivity index (χ4v) is 4.37. The second kappa shape index (κ2) is 8.21. The molecule has 0 fully saturated rings. The van der Waals surface area contributed by atoms with Crippen molar-refractivity contribution >= 4 is 44.8 Å². The molecule has 0 bridgehead atoms. The smallest absolute Gasteiger partial charge is 0.274 e. The number of hydrogen-bond acceptors (Lipinski definition) is 6. The second-order valence-corrected chi connectivity index (χ2v) is 9.30. The Bertz CT molecular complexity index is 1430. The quantitative estimate of drug-likeness (QED) is 0.458. The summed E-state index contributed by atoms with van der Waals surface area (Å²) in [6.45, 7) is 5.24. The van der Waals surface area contributed by atoms with Crippen molar-refractivity contribution < 1.29 is 13.2 Å². The van der Waals surface area contributed by atoms with E-state index < -0.39 is 10.0 Å². The number of sulfonamides is 1. The Morgan fingerprint density at radius 1 is 0.969 bits per heavy atom. The highest BCUT2D eigenvalue weighted by Crippen LogP contribution is 2.20. The van der Waals surface area contributed by atoms with Crippen molar-refractivity contribution in [1.82, 2.24) is 19.4 Å². The molecule has 1 aromatic carbocycles. The predicted molar refractivity (Wildman–Crippen MR) is 122 cm³/mol. The average Bonchev–Trinajstić information content (AvgIpc) is 3.02. The largest absolute Gasteiger partial charge is 0.321 e. The Labute approximate surface area is 189 Å². The lowest BCUT2D eigenvalue weighted by Gasteiger charge is -2.10. The number of rotatable bonds is 5. The van der Waals surface area contributed by atoms with E-state index in [1.54, 1.807) is 49.6 Å². The molecule has 0 atom stereocenters. The average molecular weight is 471 g/mol. The van der Waals surface area contributed by atoms with Gasteiger partial charge in [-0.05, 0) is 57.2 Å². The topological polar surface area (TPSA) is 118 Å². The number of fused-ring (bicyclic) bond motifs is 1. The zero-order chi connectivity index (χ0) is 23.0. The molecule has 3 heterocycles. The summed E-state index contributed by atoms with van der Waals surface area (Å²) in [5.41, 5.74) is 3.20. The van der Waals surface area contributed by atoms with E-state index in [1.165, 1.54) is 24.3 Å². The number of halogens is 1. The molecule has 3 aromatic heterocycles. The summed E-state index contributed by atoms with van der Waals surface area (Å²) in [6.07, 6.45) is 1.67. The molecule has 0 saturated carbocycles. The van der Waals surface area contributed by atoms with Crippen LogP contribution in [0, 0.1) is 20.8 Å². The van der Waals surface area contributed by atoms with Gasteiger partial charge in [-0.25, -0.2) is 28.1 Å². The van der Waals surface area contributed by atoms with Gasteiger partial charge in [-0.15, -0.1) is 0 Å². The second-order valence-electron chi connectivity index (χ2n) is 7.18. The molecule has 164 valence electrons. The van der Waals surface area contributed by atoms with E-state index in [0.29, 0.717) is 39.1 Å². The first-order valence-electron chi connectivity index (χ1n) is 9.53. The molecule has 11 heteroatoms. The van der Waals surface area contributed by atoms with Crippen LogP contribution in [0.4, 0.5) is 11.6 Å². The number of carbonyl (C=O) groups excluding carboxylic acids is 1. The van der Waals surface area contributed by atoms with Crippen LogP contribution in [0.15, 0.2) is 53.6 Å². The van der Waals surface area contributed by atoms with Gasteiger partial charge in [0, 0.05) is 34.4 Å². The summed E-state index contributed by atoms with van der Waals surface area (Å²) < 4.78 is 29.3. The molecule has 2 N–H and O–H groups in total. The van der Waals surface area contributed by atoms with Crippen LogP contribution in [0.5, 0.6) is 0 Å². The SMILES string of the molecule is Cc1cc(C)nc(NS(=O)(=O)c2ccc(NC(=O)c3c(C)nc4cc(Cl)ccn34)cc2)n1. The number of aryl methyl sites for hydroxylation is 3. The van der Waals surface area contributed by atoms with E-state index >= 15 is 0 Å². The molecule has 4 rings (SSSR count). The molecule has 0 spiro atoms. The number of hydrogen-bond donors (Lipinski definition) is 2. The van der Waals surface area contributed by atoms with Crippen LogP contribution in [0.3, 0.4) is 0 Å². The van der Waals surface area contributed by atoms with Gasteiger partial charge in [0.05, 0.1) is 10.6 Å². The maximum Gasteiger partial charge on any atom is 0.274 e. The summed E-state index contributed by atoms with van der Waals surface area (Å²) in [4.78, 5) is 25.4. The summed E-state index contributed by atoms with van der Waals surface area (Å²) in [5.74, 6) is -0.377. The van der Waals surface area contributed by atoms with Gasteiger partial charge in [0.15, 0.2) is 0 Å². The lowest BCUT2D eigenvalue weighted by molar-refractivity contribution is 0.102. The van der Waals surface area contributed by atoms with E-state index in [1.807, 2.05) is 0 Å². The molecule has 0 aliphatic heterocycles. The van der Waals surface area contributed by atoms with E-state index in [-0.39, 0.29) is 16.8 Å². The van der Waals surface area contributed by atoms with Gasteiger partial charge in [0.1, 0.15) is 11.3 Å². The minimum atomic E-state index is -3.89. The summed E-state index contributed by atoms with van der Waals surface area (Å²) in [7, 11) is -3.89. The predicted octanol–water partition coefficient (Wildman–Crippen LogP) is 3.76. The minimum Gasteiger partial charge on any atom is -0.321 e. The molecule has 1 amide bonds. The van der Waals surface area contributed by atoms with Gasteiger partial charge in [-0.1, -0.05) is 11.6 Å². The monoisotopic (exact) mass is 470 g/mol. The number of nitrogens with zero attached hydrogens (tertiary/aromatic N) is 4. The summed E-state index contributed by atoms with van der Waals surface area (Å²) in [5, 5.41) is 3.28. The van der Waals surface area contributed by atoms with Crippen molar-refractivity contribution in [3.63, 3.8) is 0 Å². The number of benzene rings is 1. The van der Waals surface area contributed by atoms with Crippen molar-refractivity contribution in [2.45, 2.75) is 25.7 Å². The van der Waals surface area contributed by atoms with Crippen LogP contribution in [-0.2, 0) is 10.0 Å². The van der Waals surface area contributed by atoms with Gasteiger partial charge in [0.2, 0.25) is 5.95 Å². The molecule has 0 saturated heterocycles. The number of imidazole rings is 1. The van der Waals surface area contributed by atoms with E-state index in [2.05, 4.69) is 25.0 Å². The third-order valence-electron chi connectivity index (χ3n) is 4.61. The summed E-state index contributed by atoms with van der Waals surface area (Å²) >= 11 is 5.99. The Balaban J connectivity index is 1.54. The minimum absolute atomic E-state index is 0.00284. The maximum absolute atomic E-state index is 12.8. The fourth-order valence-electron chi connectivity index (χ4n) is 3.27. The zero-order valence-electron chi connectivity index (χ0n) is 17.4. The van der Waals surface area contributed by atoms with E-state index in [4.69, 9.17) is 11.6 Å². The first-order valence-corrected chi connectivity index (χ1v) is 11.4. The van der Waals surface area contributed by atoms with Crippen LogP contribution >= 0.6 is 11.6 Å². The van der Waals surface area contributed by atoms with Gasteiger partial charge in [-0.3, -0.25) is 9.20 Å². The Kier molecular flexibility index (Phi) is 5.57. The lowest BCUT2D eigenvalue weighted by atomic mass is 10.3. The number of carbonyl (C=O) groups is 1. The van der Waals surface area contributed by atoms with Crippen molar-refractivity contribution in [1.29, 1.82) is 0 Å². The van der Waals surface area contributed by atoms with Crippen LogP contribution in [0.2, 0.25) is 5.02 Å². The third kappa shape index (κ3) is 4.41. The number of pyridine rings is 1. The molecule has 0 aliphatic rings. The van der Waals surface area contributed by atoms with E-state index in [0.717, 1.165) is 0 Å². The van der Waals surface area contributed by atoms with Gasteiger partial charge in [0.25, 0.3) is 15.9 Å². The Hall–Kier alpha value is -3.50. The van der Waals surface area contributed by atoms with Gasteiger partial charge >= 0.3 is 0 Å². The van der Waals surface area contributed by atoms with Crippen molar-refractivity contribution in [2.75, 3.05) is 10.0 Å². The zero-order valence-corrected chi connectivity index (χ0v) is 19.0. The number of anilines is 2. The molecule has 32 heavy (non-hydrogen) atoms. The molecule has 0 radical (unpaired) electrons. The molecule has 9 nitrogen and oxygen atoms in total. The van der Waals surface area contributed by atoms with Crippen LogP contribution in [-0.4, -0.2) is 33.7 Å². The standard InChI is InChI=1S/C21H19ClN6O3S/c1-12-10-13(2)24-21(23-12)27-32(30,31)17-6-4-16(5-7-17)26-20(29)19-14(3)25-18-11-15(22)8-9-28(18)19/h4-11H,1-3H3,(H,26,29)(H,23,24,27). The van der Waals surface area contributed by atoms with Crippen molar-refractivity contribution in [3.05, 3.63) is 76.5 Å². The summed E-state index contributed by atoms with van der Waals surface area (Å²) in [6, 6.07) is 10.9. The molecule has 0 aliphatic carbocycles. The molecule has 0 unspecified atom stereocenters. The first-order chi connectivity index (χ1) is 15.1. The van der Waals surface area contributed by atoms with Crippen molar-refractivity contribution in [3.8, 4) is 0 Å².